The maximum absolute atomic E-state index is 10.7. The van der Waals surface area contributed by atoms with E-state index < -0.39 is 5.97 Å². The Kier molecular flexibility index (Phi) is 4.52. The average Bonchev–Trinajstić information content (AvgIpc) is 2.92. The predicted molar refractivity (Wildman–Crippen MR) is 67.1 cm³/mol. The standard InChI is InChI=1S/C13H14N2O4/c16-13(17)10-1-3-12(4-2-10)18-8-6-14-9-11-5-7-19-15-11/h1-5,7,14H,6,8-9H2,(H,16,17). The summed E-state index contributed by atoms with van der Waals surface area (Å²) in [5.74, 6) is -0.297. The number of aromatic carboxylic acids is 1. The van der Waals surface area contributed by atoms with Crippen LogP contribution >= 0.6 is 0 Å². The van der Waals surface area contributed by atoms with Gasteiger partial charge in [0.25, 0.3) is 0 Å². The van der Waals surface area contributed by atoms with Gasteiger partial charge in [0.15, 0.2) is 0 Å². The molecule has 0 saturated carbocycles. The largest absolute Gasteiger partial charge is 0.492 e. The molecule has 6 nitrogen and oxygen atoms in total. The number of hydrogen-bond donors (Lipinski definition) is 2. The molecular formula is C13H14N2O4. The molecule has 0 spiro atoms. The molecular weight excluding hydrogens is 248 g/mol. The fourth-order valence-corrected chi connectivity index (χ4v) is 1.48. The minimum atomic E-state index is -0.944. The fraction of sp³-hybridized carbons (Fsp3) is 0.231. The van der Waals surface area contributed by atoms with Gasteiger partial charge >= 0.3 is 5.97 Å². The fourth-order valence-electron chi connectivity index (χ4n) is 1.48. The van der Waals surface area contributed by atoms with Gasteiger partial charge in [-0.2, -0.15) is 0 Å². The summed E-state index contributed by atoms with van der Waals surface area (Å²) in [4.78, 5) is 10.7. The van der Waals surface area contributed by atoms with E-state index in [-0.39, 0.29) is 5.56 Å². The lowest BCUT2D eigenvalue weighted by Gasteiger charge is -2.06. The zero-order valence-electron chi connectivity index (χ0n) is 10.2. The molecule has 0 aliphatic heterocycles. The van der Waals surface area contributed by atoms with Crippen molar-refractivity contribution >= 4 is 5.97 Å². The number of nitrogens with zero attached hydrogens (tertiary/aromatic N) is 1. The van der Waals surface area contributed by atoms with Crippen LogP contribution in [-0.4, -0.2) is 29.4 Å². The van der Waals surface area contributed by atoms with Crippen molar-refractivity contribution in [2.45, 2.75) is 6.54 Å². The molecule has 0 unspecified atom stereocenters. The molecule has 0 atom stereocenters. The molecule has 1 aromatic carbocycles. The quantitative estimate of drug-likeness (QED) is 0.736. The van der Waals surface area contributed by atoms with Gasteiger partial charge in [0.05, 0.1) is 11.3 Å². The first-order chi connectivity index (χ1) is 9.25. The van der Waals surface area contributed by atoms with Gasteiger partial charge in [-0.3, -0.25) is 0 Å². The van der Waals surface area contributed by atoms with Crippen molar-refractivity contribution in [3.8, 4) is 5.75 Å². The van der Waals surface area contributed by atoms with Crippen LogP contribution < -0.4 is 10.1 Å². The van der Waals surface area contributed by atoms with Crippen molar-refractivity contribution < 1.29 is 19.2 Å². The lowest BCUT2D eigenvalue weighted by atomic mass is 10.2. The highest BCUT2D eigenvalue weighted by Crippen LogP contribution is 2.11. The number of ether oxygens (including phenoxy) is 1. The topological polar surface area (TPSA) is 84.6 Å². The van der Waals surface area contributed by atoms with E-state index >= 15 is 0 Å². The minimum Gasteiger partial charge on any atom is -0.492 e. The van der Waals surface area contributed by atoms with E-state index in [4.69, 9.17) is 14.4 Å². The van der Waals surface area contributed by atoms with Crippen molar-refractivity contribution in [3.63, 3.8) is 0 Å². The maximum Gasteiger partial charge on any atom is 0.335 e. The number of aromatic nitrogens is 1. The number of hydrogen-bond acceptors (Lipinski definition) is 5. The molecule has 0 aliphatic carbocycles. The molecule has 2 aromatic rings. The summed E-state index contributed by atoms with van der Waals surface area (Å²) in [6.07, 6.45) is 1.53. The minimum absolute atomic E-state index is 0.247. The molecule has 100 valence electrons. The molecule has 0 bridgehead atoms. The van der Waals surface area contributed by atoms with E-state index in [1.54, 1.807) is 18.2 Å². The van der Waals surface area contributed by atoms with E-state index in [9.17, 15) is 4.79 Å². The van der Waals surface area contributed by atoms with Crippen LogP contribution in [0, 0.1) is 0 Å². The second kappa shape index (κ2) is 6.55. The van der Waals surface area contributed by atoms with Gasteiger partial charge in [0.1, 0.15) is 18.6 Å². The number of nitrogens with one attached hydrogen (secondary N) is 1. The summed E-state index contributed by atoms with van der Waals surface area (Å²) in [7, 11) is 0. The molecule has 1 heterocycles. The van der Waals surface area contributed by atoms with Gasteiger partial charge < -0.3 is 19.7 Å². The molecule has 6 heteroatoms. The number of benzene rings is 1. The van der Waals surface area contributed by atoms with Crippen LogP contribution in [-0.2, 0) is 6.54 Å². The normalized spacial score (nSPS) is 10.3. The molecule has 2 N–H and O–H groups in total. The van der Waals surface area contributed by atoms with Gasteiger partial charge in [-0.25, -0.2) is 4.79 Å². The molecule has 1 aromatic heterocycles. The Bertz CT molecular complexity index is 508. The highest BCUT2D eigenvalue weighted by Gasteiger charge is 2.02. The Labute approximate surface area is 110 Å². The molecule has 0 radical (unpaired) electrons. The first-order valence-corrected chi connectivity index (χ1v) is 5.82. The lowest BCUT2D eigenvalue weighted by molar-refractivity contribution is 0.0697. The SMILES string of the molecule is O=C(O)c1ccc(OCCNCc2ccon2)cc1. The zero-order chi connectivity index (χ0) is 13.5. The van der Waals surface area contributed by atoms with Crippen molar-refractivity contribution in [3.05, 3.63) is 47.9 Å². The van der Waals surface area contributed by atoms with Gasteiger partial charge in [-0.1, -0.05) is 5.16 Å². The second-order valence-electron chi connectivity index (χ2n) is 3.85. The Morgan fingerprint density at radius 2 is 2.11 bits per heavy atom. The van der Waals surface area contributed by atoms with Crippen LogP contribution in [0.3, 0.4) is 0 Å². The molecule has 0 aliphatic rings. The first kappa shape index (κ1) is 13.1. The van der Waals surface area contributed by atoms with E-state index in [1.807, 2.05) is 0 Å². The maximum atomic E-state index is 10.7. The van der Waals surface area contributed by atoms with Gasteiger partial charge in [0.2, 0.25) is 0 Å². The number of carboxylic acid groups (broad SMARTS) is 1. The van der Waals surface area contributed by atoms with Gasteiger partial charge in [-0.15, -0.1) is 0 Å². The summed E-state index contributed by atoms with van der Waals surface area (Å²) < 4.78 is 10.2. The van der Waals surface area contributed by atoms with Crippen LogP contribution in [0.5, 0.6) is 5.75 Å². The summed E-state index contributed by atoms with van der Waals surface area (Å²) >= 11 is 0. The van der Waals surface area contributed by atoms with E-state index in [2.05, 4.69) is 10.5 Å². The Hall–Kier alpha value is -2.34. The Morgan fingerprint density at radius 1 is 1.32 bits per heavy atom. The summed E-state index contributed by atoms with van der Waals surface area (Å²) in [5, 5.41) is 15.7. The van der Waals surface area contributed by atoms with E-state index in [1.165, 1.54) is 18.4 Å². The molecule has 0 saturated heterocycles. The van der Waals surface area contributed by atoms with Crippen LogP contribution in [0.15, 0.2) is 41.1 Å². The summed E-state index contributed by atoms with van der Waals surface area (Å²) in [5.41, 5.74) is 1.09. The molecule has 0 fully saturated rings. The molecule has 0 amide bonds. The van der Waals surface area contributed by atoms with Crippen molar-refractivity contribution in [2.75, 3.05) is 13.2 Å². The third-order valence-corrected chi connectivity index (χ3v) is 2.45. The third kappa shape index (κ3) is 4.11. The highest BCUT2D eigenvalue weighted by atomic mass is 16.5. The Morgan fingerprint density at radius 3 is 2.74 bits per heavy atom. The summed E-state index contributed by atoms with van der Waals surface area (Å²) in [6.45, 7) is 1.77. The molecule has 2 rings (SSSR count). The smallest absolute Gasteiger partial charge is 0.335 e. The van der Waals surface area contributed by atoms with E-state index in [0.29, 0.717) is 25.4 Å². The van der Waals surface area contributed by atoms with Gasteiger partial charge in [-0.05, 0) is 24.3 Å². The van der Waals surface area contributed by atoms with Crippen molar-refractivity contribution in [2.24, 2.45) is 0 Å². The van der Waals surface area contributed by atoms with Crippen molar-refractivity contribution in [1.82, 2.24) is 10.5 Å². The average molecular weight is 262 g/mol. The van der Waals surface area contributed by atoms with Gasteiger partial charge in [0, 0.05) is 19.2 Å². The number of carboxylic acids is 1. The van der Waals surface area contributed by atoms with Crippen LogP contribution in [0.1, 0.15) is 16.1 Å². The number of carbonyl (C=O) groups is 1. The monoisotopic (exact) mass is 262 g/mol. The Balaban J connectivity index is 1.66. The first-order valence-electron chi connectivity index (χ1n) is 5.82. The predicted octanol–water partition coefficient (Wildman–Crippen LogP) is 1.54. The second-order valence-corrected chi connectivity index (χ2v) is 3.85. The number of rotatable bonds is 7. The van der Waals surface area contributed by atoms with Crippen LogP contribution in [0.4, 0.5) is 0 Å². The van der Waals surface area contributed by atoms with Crippen LogP contribution in [0.25, 0.3) is 0 Å². The third-order valence-electron chi connectivity index (χ3n) is 2.45. The lowest BCUT2D eigenvalue weighted by Crippen LogP contribution is -2.20. The summed E-state index contributed by atoms with van der Waals surface area (Å²) in [6, 6.07) is 8.10. The zero-order valence-corrected chi connectivity index (χ0v) is 10.2. The highest BCUT2D eigenvalue weighted by molar-refractivity contribution is 5.87. The van der Waals surface area contributed by atoms with Crippen LogP contribution in [0.2, 0.25) is 0 Å². The molecule has 19 heavy (non-hydrogen) atoms. The van der Waals surface area contributed by atoms with E-state index in [0.717, 1.165) is 5.69 Å². The van der Waals surface area contributed by atoms with Crippen molar-refractivity contribution in [1.29, 1.82) is 0 Å².